The van der Waals surface area contributed by atoms with Crippen LogP contribution in [-0.4, -0.2) is 72.6 Å². The van der Waals surface area contributed by atoms with Gasteiger partial charge < -0.3 is 24.4 Å². The van der Waals surface area contributed by atoms with Crippen molar-refractivity contribution in [3.8, 4) is 0 Å². The number of halogens is 1. The Morgan fingerprint density at radius 3 is 2.17 bits per heavy atom. The van der Waals surface area contributed by atoms with Gasteiger partial charge in [-0.25, -0.2) is 4.98 Å². The highest BCUT2D eigenvalue weighted by Gasteiger charge is 2.33. The van der Waals surface area contributed by atoms with Gasteiger partial charge >= 0.3 is 5.97 Å². The summed E-state index contributed by atoms with van der Waals surface area (Å²) in [6.45, 7) is 20.4. The fraction of sp³-hybridized carbons (Fsp3) is 0.786. The zero-order valence-corrected chi connectivity index (χ0v) is 25.7. The SMILES string of the molecule is CC.CC.CC.CN(C)Cc1nc(Cl)ccc1N1CCC(O)(COCCCC(=O)OC(C)(C)C)CC1. The summed E-state index contributed by atoms with van der Waals surface area (Å²) in [6.07, 6.45) is 2.13. The minimum atomic E-state index is -0.843. The number of esters is 1. The average molecular weight is 532 g/mol. The highest BCUT2D eigenvalue weighted by Crippen LogP contribution is 2.29. The number of ether oxygens (including phenoxy) is 2. The van der Waals surface area contributed by atoms with Crippen LogP contribution in [0.3, 0.4) is 0 Å². The number of nitrogens with zero attached hydrogens (tertiary/aromatic N) is 3. The molecule has 7 nitrogen and oxygen atoms in total. The molecule has 8 heteroatoms. The van der Waals surface area contributed by atoms with Gasteiger partial charge in [-0.3, -0.25) is 4.79 Å². The molecular weight excluding hydrogens is 478 g/mol. The van der Waals surface area contributed by atoms with Gasteiger partial charge in [0.2, 0.25) is 0 Å². The number of rotatable bonds is 9. The summed E-state index contributed by atoms with van der Waals surface area (Å²) in [7, 11) is 4.00. The molecule has 0 bridgehead atoms. The second-order valence-electron chi connectivity index (χ2n) is 9.29. The fourth-order valence-corrected chi connectivity index (χ4v) is 3.62. The molecule has 0 saturated carbocycles. The minimum absolute atomic E-state index is 0.219. The normalized spacial score (nSPS) is 14.4. The summed E-state index contributed by atoms with van der Waals surface area (Å²) in [5, 5.41) is 11.4. The summed E-state index contributed by atoms with van der Waals surface area (Å²) in [6, 6.07) is 3.82. The molecule has 212 valence electrons. The number of carbonyl (C=O) groups excluding carboxylic acids is 1. The zero-order valence-electron chi connectivity index (χ0n) is 24.9. The maximum atomic E-state index is 11.7. The van der Waals surface area contributed by atoms with Gasteiger partial charge in [0.15, 0.2) is 0 Å². The van der Waals surface area contributed by atoms with E-state index in [4.69, 9.17) is 21.1 Å². The maximum absolute atomic E-state index is 11.7. The van der Waals surface area contributed by atoms with Crippen LogP contribution < -0.4 is 4.90 Å². The van der Waals surface area contributed by atoms with Crippen LogP contribution in [0.15, 0.2) is 12.1 Å². The van der Waals surface area contributed by atoms with Crippen LogP contribution in [0.4, 0.5) is 5.69 Å². The summed E-state index contributed by atoms with van der Waals surface area (Å²) in [5.74, 6) is -0.219. The van der Waals surface area contributed by atoms with Gasteiger partial charge in [-0.15, -0.1) is 0 Å². The maximum Gasteiger partial charge on any atom is 0.306 e. The molecule has 2 rings (SSSR count). The molecule has 1 aliphatic rings. The minimum Gasteiger partial charge on any atom is -0.460 e. The van der Waals surface area contributed by atoms with Crippen molar-refractivity contribution in [1.29, 1.82) is 0 Å². The van der Waals surface area contributed by atoms with E-state index < -0.39 is 11.2 Å². The lowest BCUT2D eigenvalue weighted by atomic mass is 9.92. The van der Waals surface area contributed by atoms with Crippen molar-refractivity contribution in [3.63, 3.8) is 0 Å². The molecule has 1 saturated heterocycles. The lowest BCUT2D eigenvalue weighted by molar-refractivity contribution is -0.155. The van der Waals surface area contributed by atoms with Gasteiger partial charge in [-0.2, -0.15) is 0 Å². The van der Waals surface area contributed by atoms with Gasteiger partial charge in [-0.1, -0.05) is 53.1 Å². The molecule has 36 heavy (non-hydrogen) atoms. The largest absolute Gasteiger partial charge is 0.460 e. The van der Waals surface area contributed by atoms with E-state index in [-0.39, 0.29) is 12.6 Å². The first-order chi connectivity index (χ1) is 17.0. The van der Waals surface area contributed by atoms with E-state index in [0.29, 0.717) is 44.0 Å². The standard InChI is InChI=1S/C22H36ClN3O4.3C2H6/c1-21(2,3)30-20(27)7-6-14-29-16-22(28)10-12-26(13-11-22)18-8-9-19(23)24-17(18)15-25(4)5;3*1-2/h8-9,28H,6-7,10-16H2,1-5H3;3*1-2H3. The molecule has 1 aromatic rings. The number of pyridine rings is 1. The van der Waals surface area contributed by atoms with Crippen molar-refractivity contribution in [2.24, 2.45) is 0 Å². The van der Waals surface area contributed by atoms with Crippen molar-refractivity contribution in [2.75, 3.05) is 45.3 Å². The Labute approximate surface area is 226 Å². The van der Waals surface area contributed by atoms with Crippen LogP contribution in [0, 0.1) is 0 Å². The average Bonchev–Trinajstić information content (AvgIpc) is 2.82. The second kappa shape index (κ2) is 19.7. The quantitative estimate of drug-likeness (QED) is 0.226. The molecule has 0 atom stereocenters. The Bertz CT molecular complexity index is 701. The molecule has 0 amide bonds. The van der Waals surface area contributed by atoms with Crippen molar-refractivity contribution < 1.29 is 19.4 Å². The van der Waals surface area contributed by atoms with Gasteiger partial charge in [0.1, 0.15) is 10.8 Å². The van der Waals surface area contributed by atoms with E-state index in [1.807, 2.05) is 88.5 Å². The molecule has 1 fully saturated rings. The van der Waals surface area contributed by atoms with Gasteiger partial charge in [0, 0.05) is 32.7 Å². The summed E-state index contributed by atoms with van der Waals surface area (Å²) in [4.78, 5) is 20.5. The third-order valence-corrected chi connectivity index (χ3v) is 5.09. The number of hydrogen-bond acceptors (Lipinski definition) is 7. The van der Waals surface area contributed by atoms with Crippen molar-refractivity contribution in [1.82, 2.24) is 9.88 Å². The zero-order chi connectivity index (χ0) is 28.4. The van der Waals surface area contributed by atoms with Gasteiger partial charge in [-0.05, 0) is 66.3 Å². The molecule has 1 aliphatic heterocycles. The number of aliphatic hydroxyl groups is 1. The Morgan fingerprint density at radius 2 is 1.67 bits per heavy atom. The highest BCUT2D eigenvalue weighted by atomic mass is 35.5. The number of hydrogen-bond donors (Lipinski definition) is 1. The number of anilines is 1. The lowest BCUT2D eigenvalue weighted by Gasteiger charge is -2.39. The third-order valence-electron chi connectivity index (χ3n) is 4.88. The van der Waals surface area contributed by atoms with Crippen LogP contribution in [0.1, 0.15) is 93.7 Å². The second-order valence-corrected chi connectivity index (χ2v) is 9.68. The molecule has 0 aromatic carbocycles. The number of carbonyl (C=O) groups is 1. The van der Waals surface area contributed by atoms with Crippen molar-refractivity contribution >= 4 is 23.3 Å². The van der Waals surface area contributed by atoms with Gasteiger partial charge in [0.25, 0.3) is 0 Å². The van der Waals surface area contributed by atoms with E-state index in [9.17, 15) is 9.90 Å². The van der Waals surface area contributed by atoms with Gasteiger partial charge in [0.05, 0.1) is 23.6 Å². The van der Waals surface area contributed by atoms with E-state index in [0.717, 1.165) is 24.5 Å². The predicted octanol–water partition coefficient (Wildman–Crippen LogP) is 6.35. The van der Waals surface area contributed by atoms with E-state index in [1.165, 1.54) is 0 Å². The fourth-order valence-electron chi connectivity index (χ4n) is 3.45. The van der Waals surface area contributed by atoms with Crippen molar-refractivity contribution in [3.05, 3.63) is 23.0 Å². The van der Waals surface area contributed by atoms with Crippen LogP contribution >= 0.6 is 11.6 Å². The summed E-state index contributed by atoms with van der Waals surface area (Å²) >= 11 is 6.08. The molecular formula is C28H54ClN3O4. The first-order valence-corrected chi connectivity index (χ1v) is 13.9. The molecule has 0 aliphatic carbocycles. The number of aromatic nitrogens is 1. The van der Waals surface area contributed by atoms with Crippen LogP contribution in [0.2, 0.25) is 5.15 Å². The summed E-state index contributed by atoms with van der Waals surface area (Å²) in [5.41, 5.74) is 0.696. The smallest absolute Gasteiger partial charge is 0.306 e. The molecule has 2 heterocycles. The third kappa shape index (κ3) is 15.6. The van der Waals surface area contributed by atoms with E-state index in [2.05, 4.69) is 14.8 Å². The first-order valence-electron chi connectivity index (χ1n) is 13.5. The lowest BCUT2D eigenvalue weighted by Crippen LogP contribution is -2.47. The molecule has 0 radical (unpaired) electrons. The first kappa shape index (κ1) is 36.7. The van der Waals surface area contributed by atoms with Crippen molar-refractivity contribution in [2.45, 2.75) is 106 Å². The van der Waals surface area contributed by atoms with Crippen LogP contribution in [0.5, 0.6) is 0 Å². The predicted molar refractivity (Wildman–Crippen MR) is 153 cm³/mol. The molecule has 0 unspecified atom stereocenters. The Kier molecular flexibility index (Phi) is 20.1. The molecule has 1 aromatic heterocycles. The Balaban J connectivity index is 0. The summed E-state index contributed by atoms with van der Waals surface area (Å²) < 4.78 is 11.0. The van der Waals surface area contributed by atoms with Crippen LogP contribution in [0.25, 0.3) is 0 Å². The Hall–Kier alpha value is -1.41. The monoisotopic (exact) mass is 531 g/mol. The van der Waals surface area contributed by atoms with Crippen LogP contribution in [-0.2, 0) is 20.8 Å². The highest BCUT2D eigenvalue weighted by molar-refractivity contribution is 6.29. The van der Waals surface area contributed by atoms with E-state index >= 15 is 0 Å². The molecule has 0 spiro atoms. The topological polar surface area (TPSA) is 75.1 Å². The Morgan fingerprint density at radius 1 is 1.11 bits per heavy atom. The number of piperidine rings is 1. The molecule has 1 N–H and O–H groups in total. The van der Waals surface area contributed by atoms with E-state index in [1.54, 1.807) is 0 Å².